The Kier molecular flexibility index (Phi) is 4.85. The molecule has 0 aromatic heterocycles. The number of halogens is 3. The number of hydrogen-bond donors (Lipinski definition) is 1. The molecule has 0 saturated carbocycles. The Balaban J connectivity index is 1.63. The van der Waals surface area contributed by atoms with E-state index >= 15 is 0 Å². The quantitative estimate of drug-likeness (QED) is 0.901. The predicted octanol–water partition coefficient (Wildman–Crippen LogP) is 3.50. The zero-order chi connectivity index (χ0) is 18.0. The first kappa shape index (κ1) is 17.2. The van der Waals surface area contributed by atoms with Crippen molar-refractivity contribution < 1.29 is 18.4 Å². The molecule has 0 unspecified atom stereocenters. The first-order chi connectivity index (χ1) is 11.9. The van der Waals surface area contributed by atoms with Gasteiger partial charge in [-0.25, -0.2) is 13.6 Å². The van der Waals surface area contributed by atoms with Gasteiger partial charge in [-0.1, -0.05) is 11.6 Å². The summed E-state index contributed by atoms with van der Waals surface area (Å²) >= 11 is 5.83. The second-order valence-corrected chi connectivity index (χ2v) is 5.94. The molecular formula is C17H14ClF2N3O2. The third-order valence-electron chi connectivity index (χ3n) is 3.77. The standard InChI is InChI=1S/C17H14ClF2N3O2/c18-11-1-4-13(5-2-11)23-8-7-22(17(23)25)10-16(24)21-15-9-12(19)3-6-14(15)20/h1-6,9H,7-8,10H2,(H,21,24). The first-order valence-electron chi connectivity index (χ1n) is 7.51. The van der Waals surface area contributed by atoms with Crippen LogP contribution in [0.15, 0.2) is 42.5 Å². The summed E-state index contributed by atoms with van der Waals surface area (Å²) in [6.07, 6.45) is 0. The summed E-state index contributed by atoms with van der Waals surface area (Å²) in [5.41, 5.74) is 0.416. The largest absolute Gasteiger partial charge is 0.325 e. The number of urea groups is 1. The highest BCUT2D eigenvalue weighted by molar-refractivity contribution is 6.30. The smallest absolute Gasteiger partial charge is 0.322 e. The Hall–Kier alpha value is -2.67. The summed E-state index contributed by atoms with van der Waals surface area (Å²) in [6.45, 7) is 0.515. The number of amides is 3. The molecule has 0 aliphatic carbocycles. The average molecular weight is 366 g/mol. The van der Waals surface area contributed by atoms with E-state index in [1.54, 1.807) is 24.3 Å². The van der Waals surface area contributed by atoms with E-state index in [0.717, 1.165) is 18.2 Å². The fourth-order valence-corrected chi connectivity index (χ4v) is 2.67. The minimum Gasteiger partial charge on any atom is -0.322 e. The number of nitrogens with zero attached hydrogens (tertiary/aromatic N) is 2. The topological polar surface area (TPSA) is 52.7 Å². The van der Waals surface area contributed by atoms with Gasteiger partial charge >= 0.3 is 6.03 Å². The van der Waals surface area contributed by atoms with Crippen molar-refractivity contribution in [3.63, 3.8) is 0 Å². The van der Waals surface area contributed by atoms with Crippen molar-refractivity contribution in [3.8, 4) is 0 Å². The molecule has 1 N–H and O–H groups in total. The van der Waals surface area contributed by atoms with Gasteiger partial charge in [0.2, 0.25) is 5.91 Å². The van der Waals surface area contributed by atoms with Crippen LogP contribution in [0.1, 0.15) is 0 Å². The van der Waals surface area contributed by atoms with Gasteiger partial charge in [0.25, 0.3) is 0 Å². The number of carbonyl (C=O) groups is 2. The van der Waals surface area contributed by atoms with Crippen LogP contribution in [-0.2, 0) is 4.79 Å². The van der Waals surface area contributed by atoms with Crippen LogP contribution in [0, 0.1) is 11.6 Å². The lowest BCUT2D eigenvalue weighted by atomic mass is 10.3. The molecule has 2 aromatic carbocycles. The van der Waals surface area contributed by atoms with Gasteiger partial charge in [0, 0.05) is 29.9 Å². The molecule has 25 heavy (non-hydrogen) atoms. The third kappa shape index (κ3) is 3.88. The molecule has 3 amide bonds. The molecule has 2 aromatic rings. The molecule has 0 radical (unpaired) electrons. The summed E-state index contributed by atoms with van der Waals surface area (Å²) < 4.78 is 26.7. The predicted molar refractivity (Wildman–Crippen MR) is 90.8 cm³/mol. The molecule has 1 fully saturated rings. The minimum absolute atomic E-state index is 0.251. The fourth-order valence-electron chi connectivity index (χ4n) is 2.55. The monoisotopic (exact) mass is 365 g/mol. The number of rotatable bonds is 4. The Morgan fingerprint density at radius 2 is 1.84 bits per heavy atom. The molecule has 0 bridgehead atoms. The van der Waals surface area contributed by atoms with E-state index in [0.29, 0.717) is 23.8 Å². The third-order valence-corrected chi connectivity index (χ3v) is 4.02. The molecule has 0 spiro atoms. The molecule has 5 nitrogen and oxygen atoms in total. The van der Waals surface area contributed by atoms with Crippen LogP contribution in [-0.4, -0.2) is 36.5 Å². The van der Waals surface area contributed by atoms with Gasteiger partial charge < -0.3 is 10.2 Å². The number of nitrogens with one attached hydrogen (secondary N) is 1. The van der Waals surface area contributed by atoms with E-state index in [-0.39, 0.29) is 18.3 Å². The summed E-state index contributed by atoms with van der Waals surface area (Å²) in [5, 5.41) is 2.84. The van der Waals surface area contributed by atoms with E-state index in [2.05, 4.69) is 5.32 Å². The lowest BCUT2D eigenvalue weighted by Crippen LogP contribution is -2.37. The zero-order valence-electron chi connectivity index (χ0n) is 13.0. The van der Waals surface area contributed by atoms with Crippen molar-refractivity contribution in [2.45, 2.75) is 0 Å². The van der Waals surface area contributed by atoms with Crippen LogP contribution in [0.5, 0.6) is 0 Å². The molecule has 3 rings (SSSR count). The fraction of sp³-hybridized carbons (Fsp3) is 0.176. The van der Waals surface area contributed by atoms with E-state index in [4.69, 9.17) is 11.6 Å². The Morgan fingerprint density at radius 3 is 2.56 bits per heavy atom. The van der Waals surface area contributed by atoms with Gasteiger partial charge in [0.15, 0.2) is 0 Å². The van der Waals surface area contributed by atoms with E-state index in [9.17, 15) is 18.4 Å². The van der Waals surface area contributed by atoms with Crippen LogP contribution in [0.4, 0.5) is 25.0 Å². The van der Waals surface area contributed by atoms with Crippen LogP contribution in [0.25, 0.3) is 0 Å². The van der Waals surface area contributed by atoms with Crippen molar-refractivity contribution >= 4 is 34.9 Å². The van der Waals surface area contributed by atoms with E-state index < -0.39 is 17.5 Å². The van der Waals surface area contributed by atoms with Crippen molar-refractivity contribution in [2.75, 3.05) is 29.9 Å². The Bertz CT molecular complexity index is 814. The van der Waals surface area contributed by atoms with Gasteiger partial charge in [-0.2, -0.15) is 0 Å². The van der Waals surface area contributed by atoms with Crippen LogP contribution < -0.4 is 10.2 Å². The summed E-state index contributed by atoms with van der Waals surface area (Å²) in [6, 6.07) is 9.21. The van der Waals surface area contributed by atoms with Crippen LogP contribution in [0.2, 0.25) is 5.02 Å². The molecule has 1 heterocycles. The summed E-state index contributed by atoms with van der Waals surface area (Å²) in [5.74, 6) is -2.01. The highest BCUT2D eigenvalue weighted by atomic mass is 35.5. The molecule has 1 aliphatic heterocycles. The lowest BCUT2D eigenvalue weighted by molar-refractivity contribution is -0.116. The average Bonchev–Trinajstić information content (AvgIpc) is 2.92. The Morgan fingerprint density at radius 1 is 1.12 bits per heavy atom. The number of carbonyl (C=O) groups excluding carboxylic acids is 2. The van der Waals surface area contributed by atoms with Crippen molar-refractivity contribution in [2.24, 2.45) is 0 Å². The van der Waals surface area contributed by atoms with E-state index in [1.165, 1.54) is 9.80 Å². The molecule has 130 valence electrons. The van der Waals surface area contributed by atoms with Crippen molar-refractivity contribution in [1.82, 2.24) is 4.90 Å². The van der Waals surface area contributed by atoms with Gasteiger partial charge in [-0.3, -0.25) is 9.69 Å². The number of anilines is 2. The van der Waals surface area contributed by atoms with Crippen molar-refractivity contribution in [3.05, 3.63) is 59.1 Å². The maximum atomic E-state index is 13.6. The highest BCUT2D eigenvalue weighted by Gasteiger charge is 2.30. The maximum Gasteiger partial charge on any atom is 0.325 e. The summed E-state index contributed by atoms with van der Waals surface area (Å²) in [4.78, 5) is 27.3. The second kappa shape index (κ2) is 7.06. The molecule has 8 heteroatoms. The van der Waals surface area contributed by atoms with Crippen LogP contribution >= 0.6 is 11.6 Å². The van der Waals surface area contributed by atoms with Crippen LogP contribution in [0.3, 0.4) is 0 Å². The normalized spacial score (nSPS) is 14.1. The maximum absolute atomic E-state index is 13.6. The first-order valence-corrected chi connectivity index (χ1v) is 7.89. The molecule has 1 aliphatic rings. The number of hydrogen-bond acceptors (Lipinski definition) is 2. The zero-order valence-corrected chi connectivity index (χ0v) is 13.8. The van der Waals surface area contributed by atoms with Gasteiger partial charge in [0.1, 0.15) is 18.2 Å². The Labute approximate surface area is 147 Å². The SMILES string of the molecule is O=C(CN1CCN(c2ccc(Cl)cc2)C1=O)Nc1cc(F)ccc1F. The van der Waals surface area contributed by atoms with Crippen molar-refractivity contribution in [1.29, 1.82) is 0 Å². The van der Waals surface area contributed by atoms with E-state index in [1.807, 2.05) is 0 Å². The summed E-state index contributed by atoms with van der Waals surface area (Å²) in [7, 11) is 0. The van der Waals surface area contributed by atoms with Gasteiger partial charge in [-0.05, 0) is 36.4 Å². The molecule has 0 atom stereocenters. The second-order valence-electron chi connectivity index (χ2n) is 5.50. The van der Waals surface area contributed by atoms with Gasteiger partial charge in [-0.15, -0.1) is 0 Å². The number of benzene rings is 2. The molecular weight excluding hydrogens is 352 g/mol. The highest BCUT2D eigenvalue weighted by Crippen LogP contribution is 2.22. The minimum atomic E-state index is -0.745. The van der Waals surface area contributed by atoms with Gasteiger partial charge in [0.05, 0.1) is 5.69 Å². The molecule has 1 saturated heterocycles. The lowest BCUT2D eigenvalue weighted by Gasteiger charge is -2.18.